The lowest BCUT2D eigenvalue weighted by Gasteiger charge is -2.25. The highest BCUT2D eigenvalue weighted by molar-refractivity contribution is 9.09. The second-order valence-corrected chi connectivity index (χ2v) is 7.80. The van der Waals surface area contributed by atoms with E-state index in [4.69, 9.17) is 5.73 Å². The summed E-state index contributed by atoms with van der Waals surface area (Å²) in [5, 5.41) is 8.57. The fraction of sp³-hybridized carbons (Fsp3) is 0.778. The first kappa shape index (κ1) is 30.0. The Morgan fingerprint density at radius 3 is 2.28 bits per heavy atom. The van der Waals surface area contributed by atoms with Crippen molar-refractivity contribution in [3.63, 3.8) is 0 Å². The monoisotopic (exact) mass is 497 g/mol. The van der Waals surface area contributed by atoms with Gasteiger partial charge in [-0.25, -0.2) is 0 Å². The molecule has 2 aliphatic rings. The lowest BCUT2D eigenvalue weighted by atomic mass is 10.2. The molecule has 2 saturated heterocycles. The van der Waals surface area contributed by atoms with Crippen LogP contribution in [0.1, 0.15) is 34.1 Å². The van der Waals surface area contributed by atoms with E-state index in [0.29, 0.717) is 16.8 Å². The number of ketones is 1. The summed E-state index contributed by atoms with van der Waals surface area (Å²) in [5.41, 5.74) is 5.28. The van der Waals surface area contributed by atoms with Crippen LogP contribution in [0.15, 0.2) is 0 Å². The van der Waals surface area contributed by atoms with Gasteiger partial charge in [-0.1, -0.05) is 23.4 Å². The van der Waals surface area contributed by atoms with Crippen molar-refractivity contribution in [3.8, 4) is 0 Å². The van der Waals surface area contributed by atoms with Gasteiger partial charge in [-0.2, -0.15) is 0 Å². The molecule has 0 spiro atoms. The maximum atomic E-state index is 11.3. The van der Waals surface area contributed by atoms with Crippen LogP contribution in [0.3, 0.4) is 0 Å². The van der Waals surface area contributed by atoms with Crippen molar-refractivity contribution >= 4 is 51.2 Å². The van der Waals surface area contributed by atoms with Gasteiger partial charge in [0, 0.05) is 32.8 Å². The zero-order valence-electron chi connectivity index (χ0n) is 16.8. The maximum Gasteiger partial charge on any atom is 0.231 e. The van der Waals surface area contributed by atoms with Crippen molar-refractivity contribution in [1.29, 1.82) is 0 Å². The van der Waals surface area contributed by atoms with Crippen LogP contribution in [0.4, 0.5) is 0 Å². The van der Waals surface area contributed by atoms with Crippen molar-refractivity contribution in [1.82, 2.24) is 20.9 Å². The number of nitrogens with zero attached hydrogens (tertiary/aromatic N) is 1. The first-order chi connectivity index (χ1) is 13.2. The second-order valence-electron chi connectivity index (χ2n) is 6.21. The largest absolute Gasteiger partial charge is 0.358 e. The molecule has 0 saturated carbocycles. The number of likely N-dealkylation sites (tertiary alicyclic amines) is 1. The first-order valence-electron chi connectivity index (χ1n) is 9.13. The van der Waals surface area contributed by atoms with E-state index in [1.54, 1.807) is 14.0 Å². The Labute approximate surface area is 186 Å². The van der Waals surface area contributed by atoms with Gasteiger partial charge in [0.25, 0.3) is 0 Å². The minimum atomic E-state index is -0.249. The molecular formula is C18H36BrN5O4S. The van der Waals surface area contributed by atoms with Gasteiger partial charge in [-0.05, 0) is 19.8 Å². The van der Waals surface area contributed by atoms with Crippen LogP contribution in [0, 0.1) is 0 Å². The summed E-state index contributed by atoms with van der Waals surface area (Å²) in [6.07, 6.45) is 2.21. The second kappa shape index (κ2) is 17.7. The van der Waals surface area contributed by atoms with Gasteiger partial charge in [0.05, 0.1) is 29.8 Å². The number of carbonyl (C=O) groups is 4. The molecule has 170 valence electrons. The van der Waals surface area contributed by atoms with E-state index in [1.807, 2.05) is 11.8 Å². The average molecular weight is 498 g/mol. The lowest BCUT2D eigenvalue weighted by molar-refractivity contribution is -0.127. The Hall–Kier alpha value is -1.17. The third kappa shape index (κ3) is 14.5. The third-order valence-corrected chi connectivity index (χ3v) is 5.43. The molecule has 9 nitrogen and oxygen atoms in total. The SMILES string of the molecule is C.CC(=O)N1CCCC1.CC1NC(=O)CSC[C@@H](C(=O)CN)N1.CNC(=O)CBr. The number of carbonyl (C=O) groups excluding carboxylic acids is 4. The van der Waals surface area contributed by atoms with Crippen molar-refractivity contribution < 1.29 is 19.2 Å². The number of amides is 3. The van der Waals surface area contributed by atoms with E-state index in [-0.39, 0.29) is 49.7 Å². The van der Waals surface area contributed by atoms with Gasteiger partial charge in [-0.3, -0.25) is 24.5 Å². The van der Waals surface area contributed by atoms with Crippen LogP contribution < -0.4 is 21.7 Å². The summed E-state index contributed by atoms with van der Waals surface area (Å²) in [6.45, 7) is 5.44. The topological polar surface area (TPSA) is 134 Å². The highest BCUT2D eigenvalue weighted by Crippen LogP contribution is 2.07. The van der Waals surface area contributed by atoms with Gasteiger partial charge in [0.15, 0.2) is 5.78 Å². The number of nitrogens with two attached hydrogens (primary N) is 1. The summed E-state index contributed by atoms with van der Waals surface area (Å²) in [5.74, 6) is 1.22. The third-order valence-electron chi connectivity index (χ3n) is 3.89. The summed E-state index contributed by atoms with van der Waals surface area (Å²) in [7, 11) is 1.60. The number of alkyl halides is 1. The quantitative estimate of drug-likeness (QED) is 0.405. The van der Waals surface area contributed by atoms with Crippen molar-refractivity contribution in [2.75, 3.05) is 43.5 Å². The number of Topliss-reactive ketones (excluding diaryl/α,β-unsaturated/α-hetero) is 1. The molecular weight excluding hydrogens is 462 g/mol. The van der Waals surface area contributed by atoms with Gasteiger partial charge in [0.1, 0.15) is 0 Å². The van der Waals surface area contributed by atoms with Crippen molar-refractivity contribution in [2.24, 2.45) is 5.73 Å². The van der Waals surface area contributed by atoms with Crippen molar-refractivity contribution in [2.45, 2.75) is 46.3 Å². The van der Waals surface area contributed by atoms with E-state index in [1.165, 1.54) is 24.6 Å². The lowest BCUT2D eigenvalue weighted by Crippen LogP contribution is -2.54. The Balaban J connectivity index is 0. The predicted molar refractivity (Wildman–Crippen MR) is 122 cm³/mol. The molecule has 1 unspecified atom stereocenters. The van der Waals surface area contributed by atoms with E-state index in [9.17, 15) is 19.2 Å². The Morgan fingerprint density at radius 1 is 1.31 bits per heavy atom. The molecule has 0 bridgehead atoms. The van der Waals surface area contributed by atoms with Gasteiger partial charge in [-0.15, -0.1) is 11.8 Å². The summed E-state index contributed by atoms with van der Waals surface area (Å²) < 4.78 is 0. The Bertz CT molecular complexity index is 512. The van der Waals surface area contributed by atoms with E-state index in [0.717, 1.165) is 13.1 Å². The molecule has 2 fully saturated rings. The minimum Gasteiger partial charge on any atom is -0.358 e. The summed E-state index contributed by atoms with van der Waals surface area (Å²) >= 11 is 4.40. The van der Waals surface area contributed by atoms with Gasteiger partial charge >= 0.3 is 0 Å². The molecule has 0 radical (unpaired) electrons. The fourth-order valence-electron chi connectivity index (χ4n) is 2.37. The van der Waals surface area contributed by atoms with E-state index < -0.39 is 0 Å². The average Bonchev–Trinajstić information content (AvgIpc) is 3.20. The molecule has 2 atom stereocenters. The highest BCUT2D eigenvalue weighted by Gasteiger charge is 2.22. The number of nitrogens with one attached hydrogen (secondary N) is 3. The van der Waals surface area contributed by atoms with Crippen LogP contribution in [0.2, 0.25) is 0 Å². The van der Waals surface area contributed by atoms with Crippen LogP contribution in [0.25, 0.3) is 0 Å². The van der Waals surface area contributed by atoms with Crippen molar-refractivity contribution in [3.05, 3.63) is 0 Å². The Kier molecular flexibility index (Phi) is 18.3. The van der Waals surface area contributed by atoms with Crippen LogP contribution in [-0.4, -0.2) is 84.1 Å². The first-order valence-corrected chi connectivity index (χ1v) is 11.4. The molecule has 5 N–H and O–H groups in total. The fourth-order valence-corrected chi connectivity index (χ4v) is 3.56. The van der Waals surface area contributed by atoms with Crippen LogP contribution in [-0.2, 0) is 19.2 Å². The van der Waals surface area contributed by atoms with Crippen LogP contribution >= 0.6 is 27.7 Å². The number of hydrogen-bond acceptors (Lipinski definition) is 7. The molecule has 2 rings (SSSR count). The summed E-state index contributed by atoms with van der Waals surface area (Å²) in [6, 6.07) is -0.249. The zero-order valence-corrected chi connectivity index (χ0v) is 19.2. The normalized spacial score (nSPS) is 20.9. The highest BCUT2D eigenvalue weighted by atomic mass is 79.9. The smallest absolute Gasteiger partial charge is 0.231 e. The number of hydrogen-bond donors (Lipinski definition) is 4. The zero-order chi connectivity index (χ0) is 21.5. The maximum absolute atomic E-state index is 11.3. The number of thioether (sulfide) groups is 1. The molecule has 3 amide bonds. The molecule has 2 heterocycles. The van der Waals surface area contributed by atoms with Crippen LogP contribution in [0.5, 0.6) is 0 Å². The minimum absolute atomic E-state index is 0. The molecule has 0 aliphatic carbocycles. The molecule has 2 aliphatic heterocycles. The number of rotatable bonds is 3. The van der Waals surface area contributed by atoms with Gasteiger partial charge < -0.3 is 21.3 Å². The van der Waals surface area contributed by atoms with Gasteiger partial charge in [0.2, 0.25) is 17.7 Å². The van der Waals surface area contributed by atoms with E-state index in [2.05, 4.69) is 31.9 Å². The predicted octanol–water partition coefficient (Wildman–Crippen LogP) is 0.0735. The molecule has 29 heavy (non-hydrogen) atoms. The molecule has 0 aromatic heterocycles. The molecule has 0 aromatic carbocycles. The molecule has 0 aromatic rings. The molecule has 11 heteroatoms. The standard InChI is InChI=1S/C8H15N3O2S.C6H11NO.C3H6BrNO.CH4/c1-5-10-6(7(12)2-9)3-14-4-8(13)11-5;1-6(8)7-4-2-3-5-7;1-5-3(6)2-4;/h5-6,10H,2-4,9H2,1H3,(H,11,13);2-5H2,1H3;2H2,1H3,(H,5,6);1H4/t5?,6-;;;/m0.../s1. The Morgan fingerprint density at radius 2 is 1.90 bits per heavy atom. The van der Waals surface area contributed by atoms with E-state index >= 15 is 0 Å². The number of halogens is 1. The summed E-state index contributed by atoms with van der Waals surface area (Å²) in [4.78, 5) is 44.9.